The highest BCUT2D eigenvalue weighted by Gasteiger charge is 2.23. The number of aromatic nitrogens is 2. The van der Waals surface area contributed by atoms with Gasteiger partial charge in [-0.2, -0.15) is 0 Å². The zero-order chi connectivity index (χ0) is 17.0. The molecule has 2 aromatic rings. The summed E-state index contributed by atoms with van der Waals surface area (Å²) in [4.78, 5) is 29.1. The summed E-state index contributed by atoms with van der Waals surface area (Å²) >= 11 is 1.27. The molecule has 1 N–H and O–H groups in total. The molecule has 1 amide bonds. The molecule has 0 aliphatic heterocycles. The molecule has 0 aromatic carbocycles. The van der Waals surface area contributed by atoms with E-state index in [0.29, 0.717) is 22.3 Å². The topological polar surface area (TPSA) is 73.2 Å². The zero-order valence-electron chi connectivity index (χ0n) is 13.7. The maximum Gasteiger partial charge on any atom is 0.357 e. The van der Waals surface area contributed by atoms with Crippen LogP contribution >= 0.6 is 11.3 Å². The van der Waals surface area contributed by atoms with Gasteiger partial charge in [-0.1, -0.05) is 13.8 Å². The second-order valence-corrected chi connectivity index (χ2v) is 6.88. The van der Waals surface area contributed by atoms with Gasteiger partial charge in [-0.05, 0) is 31.4 Å². The summed E-state index contributed by atoms with van der Waals surface area (Å²) in [5, 5.41) is 3.23. The average molecular weight is 335 g/mol. The van der Waals surface area contributed by atoms with Crippen molar-refractivity contribution in [2.75, 3.05) is 12.4 Å². The fourth-order valence-corrected chi connectivity index (χ4v) is 3.10. The number of esters is 1. The van der Waals surface area contributed by atoms with E-state index in [1.807, 2.05) is 29.1 Å². The van der Waals surface area contributed by atoms with Crippen molar-refractivity contribution in [1.82, 2.24) is 9.55 Å². The Bertz CT molecular complexity index is 677. The molecular weight excluding hydrogens is 314 g/mol. The molecule has 1 unspecified atom stereocenters. The van der Waals surface area contributed by atoms with Crippen molar-refractivity contribution in [3.05, 3.63) is 35.1 Å². The van der Waals surface area contributed by atoms with Crippen molar-refractivity contribution in [1.29, 1.82) is 0 Å². The van der Waals surface area contributed by atoms with Gasteiger partial charge in [0.25, 0.3) is 0 Å². The summed E-state index contributed by atoms with van der Waals surface area (Å²) in [5.74, 6) is -0.264. The highest BCUT2D eigenvalue weighted by molar-refractivity contribution is 7.16. The lowest BCUT2D eigenvalue weighted by atomic mass is 10.0. The molecule has 23 heavy (non-hydrogen) atoms. The van der Waals surface area contributed by atoms with Crippen LogP contribution in [0, 0.1) is 12.8 Å². The van der Waals surface area contributed by atoms with Gasteiger partial charge in [0.15, 0.2) is 10.8 Å². The molecule has 0 spiro atoms. The average Bonchev–Trinajstić information content (AvgIpc) is 3.13. The Balaban J connectivity index is 2.17. The molecule has 0 saturated heterocycles. The fourth-order valence-electron chi connectivity index (χ4n) is 2.29. The molecule has 0 radical (unpaired) electrons. The molecule has 124 valence electrons. The van der Waals surface area contributed by atoms with Gasteiger partial charge in [0.1, 0.15) is 6.04 Å². The number of thiazole rings is 1. The molecule has 2 rings (SSSR count). The molecular formula is C16H21N3O3S. The van der Waals surface area contributed by atoms with Crippen LogP contribution in [0.25, 0.3) is 0 Å². The van der Waals surface area contributed by atoms with Gasteiger partial charge in [0.2, 0.25) is 5.91 Å². The van der Waals surface area contributed by atoms with Crippen molar-refractivity contribution in [3.63, 3.8) is 0 Å². The predicted octanol–water partition coefficient (Wildman–Crippen LogP) is 3.27. The monoisotopic (exact) mass is 335 g/mol. The summed E-state index contributed by atoms with van der Waals surface area (Å²) < 4.78 is 6.57. The third kappa shape index (κ3) is 4.19. The van der Waals surface area contributed by atoms with E-state index in [2.05, 4.69) is 28.9 Å². The van der Waals surface area contributed by atoms with Crippen LogP contribution in [-0.2, 0) is 9.53 Å². The van der Waals surface area contributed by atoms with Crippen molar-refractivity contribution >= 4 is 28.3 Å². The number of anilines is 1. The second kappa shape index (κ2) is 7.41. The number of carbonyl (C=O) groups is 2. The summed E-state index contributed by atoms with van der Waals surface area (Å²) in [6.07, 6.45) is 4.47. The maximum absolute atomic E-state index is 12.6. The number of nitrogens with zero attached hydrogens (tertiary/aromatic N) is 2. The summed E-state index contributed by atoms with van der Waals surface area (Å²) in [7, 11) is 1.31. The van der Waals surface area contributed by atoms with E-state index >= 15 is 0 Å². The number of carbonyl (C=O) groups excluding carboxylic acids is 2. The molecule has 1 atom stereocenters. The number of rotatable bonds is 6. The normalized spacial score (nSPS) is 12.2. The Morgan fingerprint density at radius 3 is 2.57 bits per heavy atom. The largest absolute Gasteiger partial charge is 0.464 e. The fraction of sp³-hybridized carbons (Fsp3) is 0.438. The Labute approximate surface area is 139 Å². The first kappa shape index (κ1) is 17.2. The molecule has 0 fully saturated rings. The van der Waals surface area contributed by atoms with Gasteiger partial charge in [0.05, 0.1) is 7.11 Å². The highest BCUT2D eigenvalue weighted by atomic mass is 32.1. The van der Waals surface area contributed by atoms with Gasteiger partial charge < -0.3 is 14.6 Å². The van der Waals surface area contributed by atoms with Crippen LogP contribution < -0.4 is 5.32 Å². The lowest BCUT2D eigenvalue weighted by molar-refractivity contribution is -0.119. The van der Waals surface area contributed by atoms with Crippen LogP contribution in [0.15, 0.2) is 24.5 Å². The van der Waals surface area contributed by atoms with Crippen LogP contribution in [0.4, 0.5) is 5.13 Å². The summed E-state index contributed by atoms with van der Waals surface area (Å²) in [5.41, 5.74) is 0.245. The number of hydrogen-bond donors (Lipinski definition) is 1. The number of amides is 1. The van der Waals surface area contributed by atoms with Crippen molar-refractivity contribution in [3.8, 4) is 0 Å². The number of hydrogen-bond acceptors (Lipinski definition) is 5. The molecule has 0 aliphatic rings. The van der Waals surface area contributed by atoms with E-state index in [0.717, 1.165) is 0 Å². The Morgan fingerprint density at radius 1 is 1.35 bits per heavy atom. The van der Waals surface area contributed by atoms with Gasteiger partial charge in [0, 0.05) is 17.3 Å². The molecule has 0 bridgehead atoms. The van der Waals surface area contributed by atoms with Gasteiger partial charge in [-0.15, -0.1) is 11.3 Å². The first-order valence-electron chi connectivity index (χ1n) is 7.41. The van der Waals surface area contributed by atoms with Crippen LogP contribution in [0.3, 0.4) is 0 Å². The first-order chi connectivity index (χ1) is 10.9. The Morgan fingerprint density at radius 2 is 2.00 bits per heavy atom. The van der Waals surface area contributed by atoms with E-state index in [1.54, 1.807) is 6.92 Å². The third-order valence-corrected chi connectivity index (χ3v) is 4.28. The van der Waals surface area contributed by atoms with Crippen molar-refractivity contribution in [2.45, 2.75) is 33.2 Å². The lowest BCUT2D eigenvalue weighted by Gasteiger charge is -2.19. The van der Waals surface area contributed by atoms with Crippen LogP contribution in [-0.4, -0.2) is 28.5 Å². The van der Waals surface area contributed by atoms with Crippen molar-refractivity contribution < 1.29 is 14.3 Å². The van der Waals surface area contributed by atoms with Crippen LogP contribution in [0.2, 0.25) is 0 Å². The maximum atomic E-state index is 12.6. The van der Waals surface area contributed by atoms with E-state index in [-0.39, 0.29) is 17.6 Å². The minimum Gasteiger partial charge on any atom is -0.464 e. The van der Waals surface area contributed by atoms with Crippen LogP contribution in [0.5, 0.6) is 0 Å². The molecule has 0 aliphatic carbocycles. The molecule has 7 heteroatoms. The van der Waals surface area contributed by atoms with E-state index in [4.69, 9.17) is 0 Å². The quantitative estimate of drug-likeness (QED) is 0.822. The first-order valence-corrected chi connectivity index (χ1v) is 8.23. The zero-order valence-corrected chi connectivity index (χ0v) is 14.5. The van der Waals surface area contributed by atoms with Crippen LogP contribution in [0.1, 0.15) is 41.7 Å². The minimum atomic E-state index is -0.497. The smallest absolute Gasteiger partial charge is 0.357 e. The molecule has 0 saturated carbocycles. The van der Waals surface area contributed by atoms with Crippen molar-refractivity contribution in [2.24, 2.45) is 5.92 Å². The summed E-state index contributed by atoms with van der Waals surface area (Å²) in [6, 6.07) is 3.48. The number of aryl methyl sites for hydroxylation is 1. The van der Waals surface area contributed by atoms with E-state index < -0.39 is 5.97 Å². The predicted molar refractivity (Wildman–Crippen MR) is 89.7 cm³/mol. The van der Waals surface area contributed by atoms with Gasteiger partial charge in [-0.25, -0.2) is 9.78 Å². The standard InChI is InChI=1S/C16H21N3O3S/c1-10(2)9-12(19-7-5-6-8-19)14(20)18-16-17-13(11(3)23-16)15(21)22-4/h5-8,10,12H,9H2,1-4H3,(H,17,18,20). The van der Waals surface area contributed by atoms with E-state index in [1.165, 1.54) is 18.4 Å². The Hall–Kier alpha value is -2.15. The lowest BCUT2D eigenvalue weighted by Crippen LogP contribution is -2.26. The highest BCUT2D eigenvalue weighted by Crippen LogP contribution is 2.25. The molecule has 6 nitrogen and oxygen atoms in total. The summed E-state index contributed by atoms with van der Waals surface area (Å²) in [6.45, 7) is 5.93. The number of ether oxygens (including phenoxy) is 1. The second-order valence-electron chi connectivity index (χ2n) is 5.68. The minimum absolute atomic E-state index is 0.139. The Kier molecular flexibility index (Phi) is 5.54. The SMILES string of the molecule is COC(=O)c1nc(NC(=O)C(CC(C)C)n2cccc2)sc1C. The van der Waals surface area contributed by atoms with Gasteiger partial charge >= 0.3 is 5.97 Å². The number of nitrogens with one attached hydrogen (secondary N) is 1. The third-order valence-electron chi connectivity index (χ3n) is 3.39. The van der Waals surface area contributed by atoms with Gasteiger partial charge in [-0.3, -0.25) is 4.79 Å². The number of methoxy groups -OCH3 is 1. The van der Waals surface area contributed by atoms with E-state index in [9.17, 15) is 9.59 Å². The molecule has 2 aromatic heterocycles. The molecule has 2 heterocycles.